The Balaban J connectivity index is 2.28. The number of likely N-dealkylation sites (N-methyl/N-ethyl adjacent to an activating group) is 1. The molecule has 1 saturated heterocycles. The highest BCUT2D eigenvalue weighted by Gasteiger charge is 2.13. The van der Waals surface area contributed by atoms with Crippen LogP contribution >= 0.6 is 0 Å². The number of nitrogens with zero attached hydrogens (tertiary/aromatic N) is 2. The minimum Gasteiger partial charge on any atom is -0.364 e. The molecule has 52 valence electrons. The van der Waals surface area contributed by atoms with Crippen LogP contribution in [0.25, 0.3) is 0 Å². The van der Waals surface area contributed by atoms with Crippen LogP contribution in [-0.2, 0) is 0 Å². The first-order valence-corrected chi connectivity index (χ1v) is 3.45. The normalized spacial score (nSPS) is 20.8. The molecular weight excluding hydrogens is 112 g/mol. The van der Waals surface area contributed by atoms with Crippen molar-refractivity contribution in [3.63, 3.8) is 0 Å². The van der Waals surface area contributed by atoms with Crippen molar-refractivity contribution in [1.29, 1.82) is 0 Å². The van der Waals surface area contributed by atoms with Crippen LogP contribution in [-0.4, -0.2) is 36.1 Å². The zero-order valence-corrected chi connectivity index (χ0v) is 6.01. The summed E-state index contributed by atoms with van der Waals surface area (Å²) in [5, 5.41) is 0. The minimum atomic E-state index is 1.07. The lowest BCUT2D eigenvalue weighted by Gasteiger charge is -2.12. The van der Waals surface area contributed by atoms with Gasteiger partial charge in [-0.2, -0.15) is 0 Å². The third-order valence-corrected chi connectivity index (χ3v) is 1.79. The summed E-state index contributed by atoms with van der Waals surface area (Å²) in [6, 6.07) is 0. The van der Waals surface area contributed by atoms with E-state index in [0.717, 1.165) is 19.8 Å². The molecule has 0 saturated carbocycles. The number of hydrogen-bond acceptors (Lipinski definition) is 2. The van der Waals surface area contributed by atoms with E-state index in [1.54, 1.807) is 0 Å². The summed E-state index contributed by atoms with van der Waals surface area (Å²) in [5.74, 6) is 0. The van der Waals surface area contributed by atoms with Crippen LogP contribution in [0.1, 0.15) is 6.92 Å². The largest absolute Gasteiger partial charge is 0.364 e. The molecule has 0 amide bonds. The van der Waals surface area contributed by atoms with Gasteiger partial charge in [0.15, 0.2) is 0 Å². The molecule has 9 heavy (non-hydrogen) atoms. The van der Waals surface area contributed by atoms with Crippen molar-refractivity contribution in [3.8, 4) is 0 Å². The molecule has 0 atom stereocenters. The van der Waals surface area contributed by atoms with Crippen molar-refractivity contribution in [2.24, 2.45) is 0 Å². The third-order valence-electron chi connectivity index (χ3n) is 1.79. The molecular formula is C7H14N2. The van der Waals surface area contributed by atoms with Gasteiger partial charge >= 0.3 is 0 Å². The molecule has 1 rings (SSSR count). The molecule has 0 aliphatic carbocycles. The average Bonchev–Trinajstić information content (AvgIpc) is 2.34. The molecule has 1 aliphatic rings. The lowest BCUT2D eigenvalue weighted by atomic mass is 10.6. The summed E-state index contributed by atoms with van der Waals surface area (Å²) < 4.78 is 0. The Morgan fingerprint density at radius 2 is 2.33 bits per heavy atom. The average molecular weight is 126 g/mol. The highest BCUT2D eigenvalue weighted by atomic mass is 15.4. The van der Waals surface area contributed by atoms with Crippen LogP contribution in [0, 0.1) is 0 Å². The Labute approximate surface area is 56.8 Å². The second kappa shape index (κ2) is 2.87. The molecule has 1 heterocycles. The van der Waals surface area contributed by atoms with Crippen molar-refractivity contribution in [3.05, 3.63) is 12.8 Å². The van der Waals surface area contributed by atoms with E-state index in [0.29, 0.717) is 0 Å². The minimum absolute atomic E-state index is 1.07. The lowest BCUT2D eigenvalue weighted by molar-refractivity contribution is 0.303. The van der Waals surface area contributed by atoms with Gasteiger partial charge in [0.25, 0.3) is 0 Å². The van der Waals surface area contributed by atoms with Crippen molar-refractivity contribution in [2.45, 2.75) is 6.92 Å². The Morgan fingerprint density at radius 1 is 1.56 bits per heavy atom. The number of rotatable bonds is 2. The fourth-order valence-electron chi connectivity index (χ4n) is 1.08. The van der Waals surface area contributed by atoms with Gasteiger partial charge in [-0.1, -0.05) is 13.5 Å². The van der Waals surface area contributed by atoms with E-state index in [-0.39, 0.29) is 0 Å². The SMILES string of the molecule is C=CN1CCN(CC)C1. The number of hydrogen-bond donors (Lipinski definition) is 0. The summed E-state index contributed by atoms with van der Waals surface area (Å²) in [7, 11) is 0. The van der Waals surface area contributed by atoms with Crippen molar-refractivity contribution in [2.75, 3.05) is 26.3 Å². The summed E-state index contributed by atoms with van der Waals surface area (Å²) in [6.07, 6.45) is 1.91. The molecule has 0 N–H and O–H groups in total. The predicted molar refractivity (Wildman–Crippen MR) is 39.0 cm³/mol. The highest BCUT2D eigenvalue weighted by Crippen LogP contribution is 2.02. The predicted octanol–water partition coefficient (Wildman–Crippen LogP) is 0.725. The van der Waals surface area contributed by atoms with Gasteiger partial charge in [-0.3, -0.25) is 4.90 Å². The van der Waals surface area contributed by atoms with Crippen LogP contribution in [0.3, 0.4) is 0 Å². The van der Waals surface area contributed by atoms with Gasteiger partial charge in [-0.25, -0.2) is 0 Å². The zero-order chi connectivity index (χ0) is 6.69. The fraction of sp³-hybridized carbons (Fsp3) is 0.714. The molecule has 0 radical (unpaired) electrons. The molecule has 0 bridgehead atoms. The molecule has 2 heteroatoms. The molecule has 0 aromatic heterocycles. The first-order valence-electron chi connectivity index (χ1n) is 3.45. The van der Waals surface area contributed by atoms with Gasteiger partial charge in [0.2, 0.25) is 0 Å². The van der Waals surface area contributed by atoms with E-state index in [2.05, 4.69) is 23.3 Å². The van der Waals surface area contributed by atoms with Crippen LogP contribution in [0.4, 0.5) is 0 Å². The molecule has 2 nitrogen and oxygen atoms in total. The molecule has 0 spiro atoms. The van der Waals surface area contributed by atoms with Crippen LogP contribution in [0.2, 0.25) is 0 Å². The highest BCUT2D eigenvalue weighted by molar-refractivity contribution is 4.77. The molecule has 0 aromatic carbocycles. The molecule has 0 unspecified atom stereocenters. The van der Waals surface area contributed by atoms with Crippen LogP contribution < -0.4 is 0 Å². The van der Waals surface area contributed by atoms with Gasteiger partial charge in [0.1, 0.15) is 0 Å². The van der Waals surface area contributed by atoms with E-state index >= 15 is 0 Å². The Bertz CT molecular complexity index is 101. The van der Waals surface area contributed by atoms with Gasteiger partial charge in [0.05, 0.1) is 6.67 Å². The summed E-state index contributed by atoms with van der Waals surface area (Å²) in [5.41, 5.74) is 0. The van der Waals surface area contributed by atoms with Gasteiger partial charge in [0, 0.05) is 13.1 Å². The smallest absolute Gasteiger partial charge is 0.0702 e. The van der Waals surface area contributed by atoms with Crippen LogP contribution in [0.15, 0.2) is 12.8 Å². The van der Waals surface area contributed by atoms with Gasteiger partial charge in [-0.05, 0) is 12.7 Å². The lowest BCUT2D eigenvalue weighted by Crippen LogP contribution is -2.21. The maximum absolute atomic E-state index is 3.71. The van der Waals surface area contributed by atoms with Crippen molar-refractivity contribution in [1.82, 2.24) is 9.80 Å². The summed E-state index contributed by atoms with van der Waals surface area (Å²) in [4.78, 5) is 4.62. The fourth-order valence-corrected chi connectivity index (χ4v) is 1.08. The second-order valence-corrected chi connectivity index (χ2v) is 2.35. The third kappa shape index (κ3) is 1.45. The monoisotopic (exact) mass is 126 g/mol. The second-order valence-electron chi connectivity index (χ2n) is 2.35. The zero-order valence-electron chi connectivity index (χ0n) is 6.01. The molecule has 0 aromatic rings. The Hall–Kier alpha value is -0.500. The Morgan fingerprint density at radius 3 is 2.67 bits per heavy atom. The molecule has 1 aliphatic heterocycles. The topological polar surface area (TPSA) is 6.48 Å². The first-order chi connectivity index (χ1) is 4.36. The van der Waals surface area contributed by atoms with Gasteiger partial charge in [-0.15, -0.1) is 0 Å². The summed E-state index contributed by atoms with van der Waals surface area (Å²) >= 11 is 0. The standard InChI is InChI=1S/C7H14N2/c1-3-8-5-6-9(4-2)7-8/h3H,1,4-7H2,2H3. The van der Waals surface area contributed by atoms with E-state index < -0.39 is 0 Å². The van der Waals surface area contributed by atoms with Gasteiger partial charge < -0.3 is 4.90 Å². The van der Waals surface area contributed by atoms with E-state index in [9.17, 15) is 0 Å². The maximum atomic E-state index is 3.71. The van der Waals surface area contributed by atoms with E-state index in [1.165, 1.54) is 6.54 Å². The van der Waals surface area contributed by atoms with E-state index in [1.807, 2.05) is 6.20 Å². The molecule has 1 fully saturated rings. The van der Waals surface area contributed by atoms with Crippen LogP contribution in [0.5, 0.6) is 0 Å². The van der Waals surface area contributed by atoms with E-state index in [4.69, 9.17) is 0 Å². The summed E-state index contributed by atoms with van der Waals surface area (Å²) in [6.45, 7) is 10.5. The van der Waals surface area contributed by atoms with Crippen molar-refractivity contribution >= 4 is 0 Å². The quantitative estimate of drug-likeness (QED) is 0.538. The Kier molecular flexibility index (Phi) is 2.11. The first kappa shape index (κ1) is 6.62. The van der Waals surface area contributed by atoms with Crippen molar-refractivity contribution < 1.29 is 0 Å². The maximum Gasteiger partial charge on any atom is 0.0702 e.